The molecule has 0 unspecified atom stereocenters. The van der Waals surface area contributed by atoms with E-state index in [-0.39, 0.29) is 5.91 Å². The van der Waals surface area contributed by atoms with Gasteiger partial charge in [0, 0.05) is 23.8 Å². The van der Waals surface area contributed by atoms with Crippen molar-refractivity contribution in [3.63, 3.8) is 0 Å². The molecule has 1 amide bonds. The van der Waals surface area contributed by atoms with Crippen LogP contribution in [0, 0.1) is 0 Å². The van der Waals surface area contributed by atoms with E-state index in [1.807, 2.05) is 0 Å². The molecular weight excluding hydrogens is 332 g/mol. The van der Waals surface area contributed by atoms with Crippen molar-refractivity contribution in [1.82, 2.24) is 15.2 Å². The van der Waals surface area contributed by atoms with Gasteiger partial charge in [0.15, 0.2) is 0 Å². The fraction of sp³-hybridized carbons (Fsp3) is 0.600. The maximum absolute atomic E-state index is 12.3. The zero-order chi connectivity index (χ0) is 15.7. The molecule has 0 bridgehead atoms. The topological polar surface area (TPSA) is 57.3 Å². The Balaban J connectivity index is 2.53. The summed E-state index contributed by atoms with van der Waals surface area (Å²) in [5, 5.41) is 6.15. The van der Waals surface area contributed by atoms with E-state index in [9.17, 15) is 4.79 Å². The summed E-state index contributed by atoms with van der Waals surface area (Å²) in [7, 11) is 4.11. The van der Waals surface area contributed by atoms with E-state index in [0.29, 0.717) is 17.9 Å². The summed E-state index contributed by atoms with van der Waals surface area (Å²) in [6, 6.07) is 1.81. The molecule has 2 N–H and O–H groups in total. The molecule has 118 valence electrons. The second kappa shape index (κ2) is 9.73. The van der Waals surface area contributed by atoms with Crippen molar-refractivity contribution in [1.29, 1.82) is 0 Å². The number of hydrogen-bond donors (Lipinski definition) is 2. The predicted molar refractivity (Wildman–Crippen MR) is 90.8 cm³/mol. The number of unbranched alkanes of at least 4 members (excludes halogenated alkanes) is 1. The number of carbonyl (C=O) groups excluding carboxylic acids is 1. The molecule has 6 heteroatoms. The van der Waals surface area contributed by atoms with E-state index < -0.39 is 0 Å². The molecule has 5 nitrogen and oxygen atoms in total. The molecule has 0 aliphatic rings. The highest BCUT2D eigenvalue weighted by Gasteiger charge is 2.12. The minimum absolute atomic E-state index is 0.0766. The molecule has 0 aromatic carbocycles. The van der Waals surface area contributed by atoms with Crippen LogP contribution in [0.4, 0.5) is 5.82 Å². The molecule has 21 heavy (non-hydrogen) atoms. The number of halogens is 1. The molecule has 1 aromatic heterocycles. The zero-order valence-electron chi connectivity index (χ0n) is 13.1. The highest BCUT2D eigenvalue weighted by molar-refractivity contribution is 9.10. The molecule has 1 rings (SSSR count). The summed E-state index contributed by atoms with van der Waals surface area (Å²) in [4.78, 5) is 18.7. The van der Waals surface area contributed by atoms with Gasteiger partial charge in [0.05, 0.1) is 5.56 Å². The van der Waals surface area contributed by atoms with Crippen LogP contribution in [-0.4, -0.2) is 49.5 Å². The molecule has 1 aromatic rings. The summed E-state index contributed by atoms with van der Waals surface area (Å²) in [5.74, 6) is 0.568. The normalized spacial score (nSPS) is 10.7. The third-order valence-corrected chi connectivity index (χ3v) is 3.39. The molecule has 0 saturated heterocycles. The Kier molecular flexibility index (Phi) is 8.30. The number of pyridine rings is 1. The number of hydrogen-bond acceptors (Lipinski definition) is 4. The molecule has 0 fully saturated rings. The maximum atomic E-state index is 12.3. The van der Waals surface area contributed by atoms with Crippen molar-refractivity contribution in [2.24, 2.45) is 0 Å². The van der Waals surface area contributed by atoms with E-state index >= 15 is 0 Å². The van der Waals surface area contributed by atoms with E-state index in [4.69, 9.17) is 0 Å². The molecule has 0 radical (unpaired) electrons. The number of amides is 1. The monoisotopic (exact) mass is 356 g/mol. The standard InChI is InChI=1S/C15H25BrN4O/c1-4-7-17-14-13(10-12(16)11-19-14)15(21)18-8-5-6-9-20(2)3/h10-11H,4-9H2,1-3H3,(H,17,19)(H,18,21). The molecule has 0 saturated carbocycles. The van der Waals surface area contributed by atoms with Gasteiger partial charge in [-0.15, -0.1) is 0 Å². The second-order valence-corrected chi connectivity index (χ2v) is 6.16. The van der Waals surface area contributed by atoms with Gasteiger partial charge in [0.1, 0.15) is 5.82 Å². The highest BCUT2D eigenvalue weighted by atomic mass is 79.9. The molecule has 0 atom stereocenters. The van der Waals surface area contributed by atoms with Gasteiger partial charge >= 0.3 is 0 Å². The van der Waals surface area contributed by atoms with Crippen molar-refractivity contribution < 1.29 is 4.79 Å². The molecule has 0 aliphatic carbocycles. The van der Waals surface area contributed by atoms with Gasteiger partial charge in [0.25, 0.3) is 5.91 Å². The highest BCUT2D eigenvalue weighted by Crippen LogP contribution is 2.18. The smallest absolute Gasteiger partial charge is 0.255 e. The molecule has 1 heterocycles. The van der Waals surface area contributed by atoms with Crippen molar-refractivity contribution >= 4 is 27.7 Å². The number of anilines is 1. The maximum Gasteiger partial charge on any atom is 0.255 e. The third-order valence-electron chi connectivity index (χ3n) is 2.96. The van der Waals surface area contributed by atoms with Crippen LogP contribution in [0.15, 0.2) is 16.7 Å². The molecule has 0 aliphatic heterocycles. The first-order valence-corrected chi connectivity index (χ1v) is 8.16. The van der Waals surface area contributed by atoms with Crippen LogP contribution in [0.3, 0.4) is 0 Å². The fourth-order valence-corrected chi connectivity index (χ4v) is 2.18. The lowest BCUT2D eigenvalue weighted by Gasteiger charge is -2.12. The second-order valence-electron chi connectivity index (χ2n) is 5.24. The number of carbonyl (C=O) groups is 1. The van der Waals surface area contributed by atoms with Crippen molar-refractivity contribution in [2.75, 3.05) is 39.0 Å². The number of nitrogens with one attached hydrogen (secondary N) is 2. The lowest BCUT2D eigenvalue weighted by Crippen LogP contribution is -2.26. The minimum atomic E-state index is -0.0766. The Morgan fingerprint density at radius 3 is 2.76 bits per heavy atom. The molecule has 0 spiro atoms. The summed E-state index contributed by atoms with van der Waals surface area (Å²) in [5.41, 5.74) is 0.588. The number of rotatable bonds is 9. The lowest BCUT2D eigenvalue weighted by molar-refractivity contribution is 0.0953. The largest absolute Gasteiger partial charge is 0.369 e. The summed E-state index contributed by atoms with van der Waals surface area (Å²) >= 11 is 3.37. The van der Waals surface area contributed by atoms with Crippen molar-refractivity contribution in [3.8, 4) is 0 Å². The van der Waals surface area contributed by atoms with Gasteiger partial charge in [-0.25, -0.2) is 4.98 Å². The Bertz CT molecular complexity index is 451. The van der Waals surface area contributed by atoms with Crippen LogP contribution in [-0.2, 0) is 0 Å². The summed E-state index contributed by atoms with van der Waals surface area (Å²) in [6.07, 6.45) is 4.74. The number of aromatic nitrogens is 1. The Morgan fingerprint density at radius 2 is 2.10 bits per heavy atom. The first-order chi connectivity index (χ1) is 10.0. The minimum Gasteiger partial charge on any atom is -0.369 e. The van der Waals surface area contributed by atoms with Gasteiger partial charge in [-0.3, -0.25) is 4.79 Å². The van der Waals surface area contributed by atoms with Gasteiger partial charge < -0.3 is 15.5 Å². The van der Waals surface area contributed by atoms with Crippen LogP contribution in [0.1, 0.15) is 36.5 Å². The SMILES string of the molecule is CCCNc1ncc(Br)cc1C(=O)NCCCCN(C)C. The van der Waals surface area contributed by atoms with Crippen molar-refractivity contribution in [2.45, 2.75) is 26.2 Å². The van der Waals surface area contributed by atoms with E-state index in [2.05, 4.69) is 57.5 Å². The average Bonchev–Trinajstić information content (AvgIpc) is 2.45. The van der Waals surface area contributed by atoms with E-state index in [1.54, 1.807) is 12.3 Å². The Morgan fingerprint density at radius 1 is 1.33 bits per heavy atom. The van der Waals surface area contributed by atoms with Gasteiger partial charge in [-0.2, -0.15) is 0 Å². The number of nitrogens with zero attached hydrogens (tertiary/aromatic N) is 2. The van der Waals surface area contributed by atoms with Crippen LogP contribution in [0.2, 0.25) is 0 Å². The van der Waals surface area contributed by atoms with Crippen LogP contribution in [0.5, 0.6) is 0 Å². The van der Waals surface area contributed by atoms with Crippen LogP contribution in [0.25, 0.3) is 0 Å². The van der Waals surface area contributed by atoms with E-state index in [1.165, 1.54) is 0 Å². The van der Waals surface area contributed by atoms with Gasteiger partial charge in [-0.1, -0.05) is 6.92 Å². The summed E-state index contributed by atoms with van der Waals surface area (Å²) in [6.45, 7) is 4.61. The van der Waals surface area contributed by atoms with E-state index in [0.717, 1.165) is 36.8 Å². The summed E-state index contributed by atoms with van der Waals surface area (Å²) < 4.78 is 0.808. The predicted octanol–water partition coefficient (Wildman–Crippen LogP) is 2.74. The van der Waals surface area contributed by atoms with Gasteiger partial charge in [-0.05, 0) is 61.9 Å². The van der Waals surface area contributed by atoms with Gasteiger partial charge in [0.2, 0.25) is 0 Å². The average molecular weight is 357 g/mol. The fourth-order valence-electron chi connectivity index (χ4n) is 1.85. The van der Waals surface area contributed by atoms with Crippen LogP contribution >= 0.6 is 15.9 Å². The third kappa shape index (κ3) is 6.91. The zero-order valence-corrected chi connectivity index (χ0v) is 14.7. The first-order valence-electron chi connectivity index (χ1n) is 7.37. The van der Waals surface area contributed by atoms with Crippen molar-refractivity contribution in [3.05, 3.63) is 22.3 Å². The molecular formula is C15H25BrN4O. The lowest BCUT2D eigenvalue weighted by atomic mass is 10.2. The Hall–Kier alpha value is -1.14. The Labute approximate surface area is 135 Å². The quantitative estimate of drug-likeness (QED) is 0.668. The first kappa shape index (κ1) is 17.9. The van der Waals surface area contributed by atoms with Crippen LogP contribution < -0.4 is 10.6 Å².